The van der Waals surface area contributed by atoms with Gasteiger partial charge >= 0.3 is 0 Å². The summed E-state index contributed by atoms with van der Waals surface area (Å²) in [6.07, 6.45) is 0. The van der Waals surface area contributed by atoms with Gasteiger partial charge in [-0.15, -0.1) is 0 Å². The molecule has 2 fully saturated rings. The topological polar surface area (TPSA) is 44.7 Å². The number of ether oxygens (including phenoxy) is 1. The van der Waals surface area contributed by atoms with Crippen LogP contribution in [0.15, 0.2) is 30.3 Å². The molecule has 0 unspecified atom stereocenters. The van der Waals surface area contributed by atoms with Crippen LogP contribution in [0.1, 0.15) is 5.69 Å². The first-order chi connectivity index (χ1) is 12.7. The number of hydrogen-bond donors (Lipinski definition) is 0. The van der Waals surface area contributed by atoms with Crippen LogP contribution in [0.25, 0.3) is 0 Å². The molecule has 6 nitrogen and oxygen atoms in total. The molecule has 0 saturated carbocycles. The van der Waals surface area contributed by atoms with Gasteiger partial charge in [0, 0.05) is 56.7 Å². The Bertz CT molecular complexity index is 740. The van der Waals surface area contributed by atoms with Gasteiger partial charge in [-0.25, -0.2) is 9.37 Å². The summed E-state index contributed by atoms with van der Waals surface area (Å²) in [5, 5.41) is 0. The van der Waals surface area contributed by atoms with Gasteiger partial charge in [0.25, 0.3) is 0 Å². The largest absolute Gasteiger partial charge is 0.378 e. The predicted octanol–water partition coefficient (Wildman–Crippen LogP) is 2.09. The zero-order valence-corrected chi connectivity index (χ0v) is 15.1. The first kappa shape index (κ1) is 17.0. The molecule has 26 heavy (non-hydrogen) atoms. The molecule has 0 radical (unpaired) electrons. The van der Waals surface area contributed by atoms with E-state index >= 15 is 0 Å². The lowest BCUT2D eigenvalue weighted by atomic mass is 10.2. The SMILES string of the molecule is Cc1cc(N2CCOCC2)nc(N2CCN(c3ccc(F)cc3)CC2)n1. The van der Waals surface area contributed by atoms with Gasteiger partial charge in [0.05, 0.1) is 13.2 Å². The van der Waals surface area contributed by atoms with Crippen LogP contribution in [0.3, 0.4) is 0 Å². The van der Waals surface area contributed by atoms with Gasteiger partial charge in [0.2, 0.25) is 5.95 Å². The second-order valence-electron chi connectivity index (χ2n) is 6.72. The summed E-state index contributed by atoms with van der Waals surface area (Å²) in [6, 6.07) is 8.75. The average Bonchev–Trinajstić information content (AvgIpc) is 2.69. The van der Waals surface area contributed by atoms with E-state index in [2.05, 4.69) is 19.7 Å². The third kappa shape index (κ3) is 3.72. The van der Waals surface area contributed by atoms with Crippen LogP contribution in [-0.4, -0.2) is 62.5 Å². The van der Waals surface area contributed by atoms with E-state index in [-0.39, 0.29) is 5.82 Å². The molecule has 2 aromatic rings. The Hall–Kier alpha value is -2.41. The third-order valence-corrected chi connectivity index (χ3v) is 4.92. The Morgan fingerprint density at radius 3 is 2.19 bits per heavy atom. The summed E-state index contributed by atoms with van der Waals surface area (Å²) in [7, 11) is 0. The van der Waals surface area contributed by atoms with Crippen LogP contribution in [0.4, 0.5) is 21.8 Å². The number of aromatic nitrogens is 2. The normalized spacial score (nSPS) is 18.3. The maximum atomic E-state index is 13.1. The van der Waals surface area contributed by atoms with Crippen LogP contribution < -0.4 is 14.7 Å². The number of morpholine rings is 1. The van der Waals surface area contributed by atoms with Crippen molar-refractivity contribution in [1.29, 1.82) is 0 Å². The molecule has 1 aromatic heterocycles. The molecule has 2 aliphatic heterocycles. The molecule has 1 aromatic carbocycles. The Kier molecular flexibility index (Phi) is 4.88. The molecule has 0 spiro atoms. The van der Waals surface area contributed by atoms with Crippen molar-refractivity contribution in [2.45, 2.75) is 6.92 Å². The molecule has 0 amide bonds. The molecule has 138 valence electrons. The van der Waals surface area contributed by atoms with Gasteiger partial charge in [0.15, 0.2) is 0 Å². The van der Waals surface area contributed by atoms with E-state index in [1.54, 1.807) is 0 Å². The molecule has 4 rings (SSSR count). The van der Waals surface area contributed by atoms with Gasteiger partial charge in [-0.3, -0.25) is 0 Å². The number of nitrogens with zero attached hydrogens (tertiary/aromatic N) is 5. The molecule has 0 aliphatic carbocycles. The highest BCUT2D eigenvalue weighted by atomic mass is 19.1. The third-order valence-electron chi connectivity index (χ3n) is 4.92. The molecule has 3 heterocycles. The van der Waals surface area contributed by atoms with E-state index in [9.17, 15) is 4.39 Å². The number of benzene rings is 1. The van der Waals surface area contributed by atoms with Crippen molar-refractivity contribution in [3.63, 3.8) is 0 Å². The van der Waals surface area contributed by atoms with Crippen LogP contribution in [0.2, 0.25) is 0 Å². The fraction of sp³-hybridized carbons (Fsp3) is 0.474. The summed E-state index contributed by atoms with van der Waals surface area (Å²) in [5.74, 6) is 1.58. The predicted molar refractivity (Wildman–Crippen MR) is 101 cm³/mol. The van der Waals surface area contributed by atoms with Crippen LogP contribution in [0, 0.1) is 12.7 Å². The van der Waals surface area contributed by atoms with Gasteiger partial charge < -0.3 is 19.4 Å². The summed E-state index contributed by atoms with van der Waals surface area (Å²) in [6.45, 7) is 8.69. The van der Waals surface area contributed by atoms with Gasteiger partial charge in [-0.1, -0.05) is 0 Å². The molecule has 7 heteroatoms. The fourth-order valence-electron chi connectivity index (χ4n) is 3.45. The molecular weight excluding hydrogens is 333 g/mol. The van der Waals surface area contributed by atoms with Crippen molar-refractivity contribution in [1.82, 2.24) is 9.97 Å². The lowest BCUT2D eigenvalue weighted by Crippen LogP contribution is -2.47. The molecule has 0 atom stereocenters. The molecular formula is C19H24FN5O. The highest BCUT2D eigenvalue weighted by Crippen LogP contribution is 2.22. The first-order valence-corrected chi connectivity index (χ1v) is 9.13. The number of aryl methyl sites for hydroxylation is 1. The van der Waals surface area contributed by atoms with Crippen LogP contribution in [0.5, 0.6) is 0 Å². The van der Waals surface area contributed by atoms with Crippen LogP contribution in [-0.2, 0) is 4.74 Å². The van der Waals surface area contributed by atoms with Crippen molar-refractivity contribution in [3.8, 4) is 0 Å². The minimum atomic E-state index is -0.198. The summed E-state index contributed by atoms with van der Waals surface area (Å²) < 4.78 is 18.5. The number of rotatable bonds is 3. The van der Waals surface area contributed by atoms with Crippen molar-refractivity contribution in [2.75, 3.05) is 67.2 Å². The lowest BCUT2D eigenvalue weighted by Gasteiger charge is -2.36. The minimum Gasteiger partial charge on any atom is -0.378 e. The summed E-state index contributed by atoms with van der Waals surface area (Å²) >= 11 is 0. The molecule has 2 aliphatic rings. The Balaban J connectivity index is 1.45. The van der Waals surface area contributed by atoms with E-state index in [0.717, 1.165) is 75.6 Å². The average molecular weight is 357 g/mol. The minimum absolute atomic E-state index is 0.198. The second kappa shape index (κ2) is 7.45. The Morgan fingerprint density at radius 1 is 0.846 bits per heavy atom. The number of hydrogen-bond acceptors (Lipinski definition) is 6. The van der Waals surface area contributed by atoms with Crippen molar-refractivity contribution >= 4 is 17.5 Å². The smallest absolute Gasteiger partial charge is 0.227 e. The maximum absolute atomic E-state index is 13.1. The number of anilines is 3. The highest BCUT2D eigenvalue weighted by Gasteiger charge is 2.21. The summed E-state index contributed by atoms with van der Waals surface area (Å²) in [4.78, 5) is 16.2. The van der Waals surface area contributed by atoms with Crippen molar-refractivity contribution < 1.29 is 9.13 Å². The zero-order valence-electron chi connectivity index (χ0n) is 15.1. The Labute approximate surface area is 153 Å². The maximum Gasteiger partial charge on any atom is 0.227 e. The fourth-order valence-corrected chi connectivity index (χ4v) is 3.45. The molecule has 0 N–H and O–H groups in total. The van der Waals surface area contributed by atoms with E-state index in [1.165, 1.54) is 12.1 Å². The van der Waals surface area contributed by atoms with Gasteiger partial charge in [-0.05, 0) is 31.2 Å². The van der Waals surface area contributed by atoms with E-state index in [4.69, 9.17) is 9.72 Å². The van der Waals surface area contributed by atoms with Crippen molar-refractivity contribution in [2.24, 2.45) is 0 Å². The monoisotopic (exact) mass is 357 g/mol. The standard InChI is InChI=1S/C19H24FN5O/c1-15-14-18(24-10-12-26-13-11-24)22-19(21-15)25-8-6-23(7-9-25)17-4-2-16(20)3-5-17/h2-5,14H,6-13H2,1H3. The van der Waals surface area contributed by atoms with Gasteiger partial charge in [-0.2, -0.15) is 4.98 Å². The molecule has 2 saturated heterocycles. The van der Waals surface area contributed by atoms with E-state index in [1.807, 2.05) is 25.1 Å². The van der Waals surface area contributed by atoms with E-state index < -0.39 is 0 Å². The second-order valence-corrected chi connectivity index (χ2v) is 6.72. The number of halogens is 1. The highest BCUT2D eigenvalue weighted by molar-refractivity contribution is 5.50. The quantitative estimate of drug-likeness (QED) is 0.838. The summed E-state index contributed by atoms with van der Waals surface area (Å²) in [5.41, 5.74) is 2.04. The van der Waals surface area contributed by atoms with Crippen molar-refractivity contribution in [3.05, 3.63) is 41.8 Å². The van der Waals surface area contributed by atoms with Crippen LogP contribution >= 0.6 is 0 Å². The Morgan fingerprint density at radius 2 is 1.50 bits per heavy atom. The zero-order chi connectivity index (χ0) is 17.9. The first-order valence-electron chi connectivity index (χ1n) is 9.13. The van der Waals surface area contributed by atoms with Gasteiger partial charge in [0.1, 0.15) is 11.6 Å². The lowest BCUT2D eigenvalue weighted by molar-refractivity contribution is 0.122. The van der Waals surface area contributed by atoms with E-state index in [0.29, 0.717) is 0 Å². The number of piperazine rings is 1. The molecule has 0 bridgehead atoms.